The first-order valence-electron chi connectivity index (χ1n) is 5.13. The summed E-state index contributed by atoms with van der Waals surface area (Å²) in [5.41, 5.74) is 4.01. The maximum Gasteiger partial charge on any atom is 0.416 e. The molecule has 1 aliphatic rings. The SMILES string of the molecule is Nc1cc(C(=O)OC2COC2)cc(C(F)(F)F)c1. The largest absolute Gasteiger partial charge is 0.454 e. The lowest BCUT2D eigenvalue weighted by Crippen LogP contribution is -2.37. The zero-order valence-corrected chi connectivity index (χ0v) is 9.16. The number of carbonyl (C=O) groups excluding carboxylic acids is 1. The highest BCUT2D eigenvalue weighted by Gasteiger charge is 2.32. The monoisotopic (exact) mass is 261 g/mol. The van der Waals surface area contributed by atoms with E-state index in [1.807, 2.05) is 0 Å². The molecule has 98 valence electrons. The Bertz CT molecular complexity index is 469. The molecule has 0 aromatic heterocycles. The Hall–Kier alpha value is -1.76. The summed E-state index contributed by atoms with van der Waals surface area (Å²) in [6, 6.07) is 2.64. The number of hydrogen-bond acceptors (Lipinski definition) is 4. The first-order chi connectivity index (χ1) is 8.36. The maximum absolute atomic E-state index is 12.5. The average Bonchev–Trinajstić information content (AvgIpc) is 2.21. The Balaban J connectivity index is 2.21. The standard InChI is InChI=1S/C11H10F3NO3/c12-11(13,14)7-1-6(2-8(15)3-7)10(16)18-9-4-17-5-9/h1-3,9H,4-5,15H2. The van der Waals surface area contributed by atoms with E-state index in [2.05, 4.69) is 0 Å². The Kier molecular flexibility index (Phi) is 3.16. The molecule has 2 N–H and O–H groups in total. The number of hydrogen-bond donors (Lipinski definition) is 1. The van der Waals surface area contributed by atoms with Gasteiger partial charge in [0.05, 0.1) is 24.3 Å². The second-order valence-electron chi connectivity index (χ2n) is 3.91. The molecule has 1 fully saturated rings. The van der Waals surface area contributed by atoms with Gasteiger partial charge in [-0.25, -0.2) is 4.79 Å². The highest BCUT2D eigenvalue weighted by Crippen LogP contribution is 2.31. The minimum absolute atomic E-state index is 0.137. The van der Waals surface area contributed by atoms with E-state index in [4.69, 9.17) is 15.2 Å². The van der Waals surface area contributed by atoms with E-state index in [1.165, 1.54) is 0 Å². The minimum Gasteiger partial charge on any atom is -0.454 e. The fourth-order valence-electron chi connectivity index (χ4n) is 1.43. The number of nitrogens with two attached hydrogens (primary N) is 1. The third-order valence-corrected chi connectivity index (χ3v) is 2.40. The van der Waals surface area contributed by atoms with Crippen LogP contribution in [-0.4, -0.2) is 25.3 Å². The van der Waals surface area contributed by atoms with Gasteiger partial charge in [-0.1, -0.05) is 0 Å². The molecule has 1 aromatic carbocycles. The van der Waals surface area contributed by atoms with Crippen molar-refractivity contribution in [2.75, 3.05) is 18.9 Å². The molecule has 0 atom stereocenters. The van der Waals surface area contributed by atoms with Crippen molar-refractivity contribution in [3.05, 3.63) is 29.3 Å². The predicted octanol–water partition coefficient (Wildman–Crippen LogP) is 1.84. The fraction of sp³-hybridized carbons (Fsp3) is 0.364. The summed E-state index contributed by atoms with van der Waals surface area (Å²) >= 11 is 0. The molecule has 1 saturated heterocycles. The van der Waals surface area contributed by atoms with Gasteiger partial charge in [0, 0.05) is 5.69 Å². The van der Waals surface area contributed by atoms with E-state index in [1.54, 1.807) is 0 Å². The van der Waals surface area contributed by atoms with Gasteiger partial charge < -0.3 is 15.2 Å². The van der Waals surface area contributed by atoms with E-state index < -0.39 is 23.8 Å². The van der Waals surface area contributed by atoms with Gasteiger partial charge in [-0.2, -0.15) is 13.2 Å². The molecule has 2 rings (SSSR count). The van der Waals surface area contributed by atoms with Crippen LogP contribution < -0.4 is 5.73 Å². The van der Waals surface area contributed by atoms with Crippen molar-refractivity contribution < 1.29 is 27.4 Å². The molecule has 1 aliphatic heterocycles. The number of rotatable bonds is 2. The van der Waals surface area contributed by atoms with Crippen LogP contribution in [0.5, 0.6) is 0 Å². The van der Waals surface area contributed by atoms with Gasteiger partial charge in [-0.15, -0.1) is 0 Å². The van der Waals surface area contributed by atoms with E-state index in [0.29, 0.717) is 0 Å². The zero-order valence-electron chi connectivity index (χ0n) is 9.16. The average molecular weight is 261 g/mol. The van der Waals surface area contributed by atoms with Gasteiger partial charge in [0.1, 0.15) is 6.10 Å². The van der Waals surface area contributed by atoms with Crippen molar-refractivity contribution >= 4 is 11.7 Å². The molecule has 7 heteroatoms. The first kappa shape index (κ1) is 12.7. The van der Waals surface area contributed by atoms with E-state index in [-0.39, 0.29) is 24.5 Å². The lowest BCUT2D eigenvalue weighted by Gasteiger charge is -2.25. The van der Waals surface area contributed by atoms with Gasteiger partial charge in [-0.05, 0) is 18.2 Å². The van der Waals surface area contributed by atoms with E-state index in [9.17, 15) is 18.0 Å². The highest BCUT2D eigenvalue weighted by atomic mass is 19.4. The van der Waals surface area contributed by atoms with Crippen molar-refractivity contribution in [2.45, 2.75) is 12.3 Å². The van der Waals surface area contributed by atoms with Gasteiger partial charge >= 0.3 is 12.1 Å². The number of halogens is 3. The van der Waals surface area contributed by atoms with Crippen molar-refractivity contribution in [3.8, 4) is 0 Å². The van der Waals surface area contributed by atoms with Crippen LogP contribution in [0.1, 0.15) is 15.9 Å². The number of carbonyl (C=O) groups is 1. The van der Waals surface area contributed by atoms with Crippen LogP contribution in [0.25, 0.3) is 0 Å². The van der Waals surface area contributed by atoms with Crippen molar-refractivity contribution in [2.24, 2.45) is 0 Å². The normalized spacial score (nSPS) is 16.2. The molecule has 0 aliphatic carbocycles. The van der Waals surface area contributed by atoms with Gasteiger partial charge in [-0.3, -0.25) is 0 Å². The molecule has 1 aromatic rings. The first-order valence-corrected chi connectivity index (χ1v) is 5.13. The minimum atomic E-state index is -4.55. The van der Waals surface area contributed by atoms with Crippen LogP contribution in [0.2, 0.25) is 0 Å². The summed E-state index contributed by atoms with van der Waals surface area (Å²) in [6.07, 6.45) is -4.95. The maximum atomic E-state index is 12.5. The summed E-state index contributed by atoms with van der Waals surface area (Å²) in [5, 5.41) is 0. The molecule has 18 heavy (non-hydrogen) atoms. The zero-order chi connectivity index (χ0) is 13.3. The molecular weight excluding hydrogens is 251 g/mol. The smallest absolute Gasteiger partial charge is 0.416 e. The number of benzene rings is 1. The highest BCUT2D eigenvalue weighted by molar-refractivity contribution is 5.91. The predicted molar refractivity (Wildman–Crippen MR) is 55.9 cm³/mol. The lowest BCUT2D eigenvalue weighted by molar-refractivity contribution is -0.137. The van der Waals surface area contributed by atoms with E-state index in [0.717, 1.165) is 18.2 Å². The molecule has 0 amide bonds. The third kappa shape index (κ3) is 2.73. The second kappa shape index (κ2) is 4.49. The summed E-state index contributed by atoms with van der Waals surface area (Å²) in [6.45, 7) is 0.528. The van der Waals surface area contributed by atoms with Crippen LogP contribution in [0.3, 0.4) is 0 Å². The molecular formula is C11H10F3NO3. The van der Waals surface area contributed by atoms with Crippen LogP contribution in [0, 0.1) is 0 Å². The fourth-order valence-corrected chi connectivity index (χ4v) is 1.43. The third-order valence-electron chi connectivity index (χ3n) is 2.40. The summed E-state index contributed by atoms with van der Waals surface area (Å²) in [7, 11) is 0. The number of anilines is 1. The van der Waals surface area contributed by atoms with Crippen LogP contribution in [0.15, 0.2) is 18.2 Å². The quantitative estimate of drug-likeness (QED) is 0.651. The lowest BCUT2D eigenvalue weighted by atomic mass is 10.1. The molecule has 0 radical (unpaired) electrons. The molecule has 1 heterocycles. The van der Waals surface area contributed by atoms with Gasteiger partial charge in [0.25, 0.3) is 0 Å². The number of alkyl halides is 3. The Labute approximate surface area is 100 Å². The van der Waals surface area contributed by atoms with Crippen LogP contribution in [-0.2, 0) is 15.7 Å². The topological polar surface area (TPSA) is 61.6 Å². The van der Waals surface area contributed by atoms with Crippen LogP contribution in [0.4, 0.5) is 18.9 Å². The number of nitrogen functional groups attached to an aromatic ring is 1. The number of ether oxygens (including phenoxy) is 2. The number of esters is 1. The Morgan fingerprint density at radius 2 is 2.00 bits per heavy atom. The Morgan fingerprint density at radius 1 is 1.33 bits per heavy atom. The van der Waals surface area contributed by atoms with Crippen molar-refractivity contribution in [1.29, 1.82) is 0 Å². The van der Waals surface area contributed by atoms with Crippen molar-refractivity contribution in [3.63, 3.8) is 0 Å². The molecule has 4 nitrogen and oxygen atoms in total. The summed E-state index contributed by atoms with van der Waals surface area (Å²) in [5.74, 6) is -0.832. The second-order valence-corrected chi connectivity index (χ2v) is 3.91. The summed E-state index contributed by atoms with van der Waals surface area (Å²) < 4.78 is 47.3. The Morgan fingerprint density at radius 3 is 2.50 bits per heavy atom. The van der Waals surface area contributed by atoms with Crippen LogP contribution >= 0.6 is 0 Å². The summed E-state index contributed by atoms with van der Waals surface area (Å²) in [4.78, 5) is 11.6. The van der Waals surface area contributed by atoms with Crippen molar-refractivity contribution in [1.82, 2.24) is 0 Å². The molecule has 0 bridgehead atoms. The van der Waals surface area contributed by atoms with Gasteiger partial charge in [0.15, 0.2) is 0 Å². The van der Waals surface area contributed by atoms with Gasteiger partial charge in [0.2, 0.25) is 0 Å². The molecule has 0 unspecified atom stereocenters. The molecule has 0 saturated carbocycles. The molecule has 0 spiro atoms. The van der Waals surface area contributed by atoms with E-state index >= 15 is 0 Å².